The van der Waals surface area contributed by atoms with Gasteiger partial charge in [-0.1, -0.05) is 18.7 Å². The lowest BCUT2D eigenvalue weighted by atomic mass is 10.2. The highest BCUT2D eigenvalue weighted by molar-refractivity contribution is 7.99. The number of rotatable bonds is 8. The van der Waals surface area contributed by atoms with Crippen LogP contribution in [0.25, 0.3) is 0 Å². The predicted molar refractivity (Wildman–Crippen MR) is 93.2 cm³/mol. The highest BCUT2D eigenvalue weighted by Gasteiger charge is 2.18. The fourth-order valence-electron chi connectivity index (χ4n) is 2.01. The molecular weight excluding hydrogens is 348 g/mol. The van der Waals surface area contributed by atoms with Crippen molar-refractivity contribution in [2.45, 2.75) is 24.9 Å². The normalized spacial score (nSPS) is 10.5. The van der Waals surface area contributed by atoms with Gasteiger partial charge in [0.15, 0.2) is 5.82 Å². The average molecular weight is 366 g/mol. The number of amides is 1. The van der Waals surface area contributed by atoms with Crippen LogP contribution in [0.5, 0.6) is 5.75 Å². The van der Waals surface area contributed by atoms with Gasteiger partial charge in [0, 0.05) is 6.42 Å². The number of nitro groups is 1. The van der Waals surface area contributed by atoms with E-state index in [1.165, 1.54) is 30.0 Å². The highest BCUT2D eigenvalue weighted by Crippen LogP contribution is 2.29. The predicted octanol–water partition coefficient (Wildman–Crippen LogP) is 1.59. The lowest BCUT2D eigenvalue weighted by Crippen LogP contribution is -2.17. The van der Waals surface area contributed by atoms with E-state index in [9.17, 15) is 14.9 Å². The van der Waals surface area contributed by atoms with E-state index in [2.05, 4.69) is 15.5 Å². The van der Waals surface area contributed by atoms with Crippen LogP contribution in [0.1, 0.15) is 19.2 Å². The fraction of sp³-hybridized carbons (Fsp3) is 0.357. The van der Waals surface area contributed by atoms with Crippen molar-refractivity contribution in [3.05, 3.63) is 34.1 Å². The number of nitro benzene ring substituents is 1. The number of anilines is 1. The SMILES string of the molecule is CCCc1nnc(SCC(=O)Nc2ccc(OC)cc2[N+](=O)[O-])n1N. The van der Waals surface area contributed by atoms with Crippen LogP contribution in [0.15, 0.2) is 23.4 Å². The van der Waals surface area contributed by atoms with Gasteiger partial charge in [-0.25, -0.2) is 4.68 Å². The van der Waals surface area contributed by atoms with Crippen LogP contribution >= 0.6 is 11.8 Å². The number of nitrogen functional groups attached to an aromatic ring is 1. The fourth-order valence-corrected chi connectivity index (χ4v) is 2.69. The van der Waals surface area contributed by atoms with Gasteiger partial charge in [-0.05, 0) is 18.6 Å². The largest absolute Gasteiger partial charge is 0.496 e. The third-order valence-electron chi connectivity index (χ3n) is 3.22. The molecule has 25 heavy (non-hydrogen) atoms. The molecule has 0 radical (unpaired) electrons. The minimum atomic E-state index is -0.585. The zero-order chi connectivity index (χ0) is 18.4. The van der Waals surface area contributed by atoms with Crippen molar-refractivity contribution in [3.8, 4) is 5.75 Å². The molecule has 0 aliphatic rings. The quantitative estimate of drug-likeness (QED) is 0.311. The first-order valence-electron chi connectivity index (χ1n) is 7.40. The molecule has 11 heteroatoms. The summed E-state index contributed by atoms with van der Waals surface area (Å²) >= 11 is 1.10. The Labute approximate surface area is 147 Å². The molecule has 0 aliphatic heterocycles. The lowest BCUT2D eigenvalue weighted by molar-refractivity contribution is -0.384. The average Bonchev–Trinajstić information content (AvgIpc) is 2.94. The van der Waals surface area contributed by atoms with Crippen LogP contribution < -0.4 is 15.9 Å². The Balaban J connectivity index is 2.02. The first-order valence-corrected chi connectivity index (χ1v) is 8.39. The van der Waals surface area contributed by atoms with Crippen LogP contribution in [-0.4, -0.2) is 38.6 Å². The van der Waals surface area contributed by atoms with E-state index >= 15 is 0 Å². The van der Waals surface area contributed by atoms with E-state index in [4.69, 9.17) is 10.6 Å². The molecule has 1 aromatic heterocycles. The number of benzene rings is 1. The number of nitrogens with one attached hydrogen (secondary N) is 1. The van der Waals surface area contributed by atoms with Gasteiger partial charge >= 0.3 is 0 Å². The van der Waals surface area contributed by atoms with Gasteiger partial charge in [0.25, 0.3) is 5.69 Å². The summed E-state index contributed by atoms with van der Waals surface area (Å²) in [5.41, 5.74) is -0.151. The number of nitrogens with two attached hydrogens (primary N) is 1. The zero-order valence-corrected chi connectivity index (χ0v) is 14.6. The molecule has 10 nitrogen and oxygen atoms in total. The maximum absolute atomic E-state index is 12.1. The highest BCUT2D eigenvalue weighted by atomic mass is 32.2. The molecule has 0 saturated carbocycles. The van der Waals surface area contributed by atoms with Gasteiger partial charge in [-0.2, -0.15) is 0 Å². The number of thioether (sulfide) groups is 1. The topological polar surface area (TPSA) is 138 Å². The van der Waals surface area contributed by atoms with Gasteiger partial charge in [0.05, 0.1) is 23.9 Å². The van der Waals surface area contributed by atoms with Crippen molar-refractivity contribution in [1.82, 2.24) is 14.9 Å². The number of aromatic nitrogens is 3. The van der Waals surface area contributed by atoms with Crippen molar-refractivity contribution in [1.29, 1.82) is 0 Å². The minimum Gasteiger partial charge on any atom is -0.496 e. The van der Waals surface area contributed by atoms with Gasteiger partial charge in [-0.15, -0.1) is 10.2 Å². The summed E-state index contributed by atoms with van der Waals surface area (Å²) in [7, 11) is 1.41. The molecule has 0 atom stereocenters. The summed E-state index contributed by atoms with van der Waals surface area (Å²) in [6, 6.07) is 4.20. The minimum absolute atomic E-state index is 0.00928. The van der Waals surface area contributed by atoms with Crippen molar-refractivity contribution in [2.75, 3.05) is 24.0 Å². The summed E-state index contributed by atoms with van der Waals surface area (Å²) < 4.78 is 6.30. The second kappa shape index (κ2) is 8.33. The lowest BCUT2D eigenvalue weighted by Gasteiger charge is -2.07. The molecule has 2 rings (SSSR count). The van der Waals surface area contributed by atoms with Gasteiger partial charge in [0.1, 0.15) is 11.4 Å². The molecule has 0 saturated heterocycles. The van der Waals surface area contributed by atoms with E-state index in [-0.39, 0.29) is 17.1 Å². The second-order valence-corrected chi connectivity index (χ2v) is 5.94. The monoisotopic (exact) mass is 366 g/mol. The van der Waals surface area contributed by atoms with E-state index < -0.39 is 10.8 Å². The van der Waals surface area contributed by atoms with Crippen LogP contribution in [0, 0.1) is 10.1 Å². The number of carbonyl (C=O) groups is 1. The van der Waals surface area contributed by atoms with Crippen LogP contribution in [0.4, 0.5) is 11.4 Å². The number of hydrogen-bond donors (Lipinski definition) is 2. The Kier molecular flexibility index (Phi) is 6.17. The Bertz CT molecular complexity index is 779. The molecule has 2 aromatic rings. The van der Waals surface area contributed by atoms with E-state index in [0.717, 1.165) is 18.2 Å². The third-order valence-corrected chi connectivity index (χ3v) is 4.16. The van der Waals surface area contributed by atoms with Gasteiger partial charge < -0.3 is 15.9 Å². The van der Waals surface area contributed by atoms with E-state index in [0.29, 0.717) is 23.2 Å². The molecule has 134 valence electrons. The van der Waals surface area contributed by atoms with E-state index in [1.807, 2.05) is 6.92 Å². The number of hydrogen-bond acceptors (Lipinski definition) is 8. The summed E-state index contributed by atoms with van der Waals surface area (Å²) in [6.45, 7) is 2.00. The van der Waals surface area contributed by atoms with Crippen molar-refractivity contribution < 1.29 is 14.5 Å². The van der Waals surface area contributed by atoms with Crippen LogP contribution in [0.2, 0.25) is 0 Å². The number of ether oxygens (including phenoxy) is 1. The first-order chi connectivity index (χ1) is 12.0. The molecule has 0 spiro atoms. The molecule has 0 fully saturated rings. The summed E-state index contributed by atoms with van der Waals surface area (Å²) in [4.78, 5) is 22.6. The molecule has 3 N–H and O–H groups in total. The molecule has 0 bridgehead atoms. The Morgan fingerprint density at radius 2 is 2.24 bits per heavy atom. The molecule has 0 aliphatic carbocycles. The number of carbonyl (C=O) groups excluding carboxylic acids is 1. The third kappa shape index (κ3) is 4.59. The maximum atomic E-state index is 12.1. The zero-order valence-electron chi connectivity index (χ0n) is 13.8. The Morgan fingerprint density at radius 3 is 2.88 bits per heavy atom. The first kappa shape index (κ1) is 18.5. The molecular formula is C14H18N6O4S. The molecule has 1 aromatic carbocycles. The smallest absolute Gasteiger partial charge is 0.296 e. The summed E-state index contributed by atoms with van der Waals surface area (Å²) in [6.07, 6.45) is 1.57. The van der Waals surface area contributed by atoms with Crippen LogP contribution in [0.3, 0.4) is 0 Å². The molecule has 1 heterocycles. The van der Waals surface area contributed by atoms with Crippen molar-refractivity contribution in [3.63, 3.8) is 0 Å². The number of nitrogens with zero attached hydrogens (tertiary/aromatic N) is 4. The summed E-state index contributed by atoms with van der Waals surface area (Å²) in [5.74, 6) is 6.40. The van der Waals surface area contributed by atoms with Crippen molar-refractivity contribution >= 4 is 29.0 Å². The standard InChI is InChI=1S/C14H18N6O4S/c1-3-4-12-17-18-14(19(12)15)25-8-13(21)16-10-6-5-9(24-2)7-11(10)20(22)23/h5-7H,3-4,8,15H2,1-2H3,(H,16,21). The Morgan fingerprint density at radius 1 is 1.48 bits per heavy atom. The van der Waals surface area contributed by atoms with E-state index in [1.54, 1.807) is 0 Å². The maximum Gasteiger partial charge on any atom is 0.296 e. The molecule has 0 unspecified atom stereocenters. The number of aryl methyl sites for hydroxylation is 1. The molecule has 1 amide bonds. The van der Waals surface area contributed by atoms with Crippen LogP contribution in [-0.2, 0) is 11.2 Å². The van der Waals surface area contributed by atoms with Gasteiger partial charge in [-0.3, -0.25) is 14.9 Å². The number of methoxy groups -OCH3 is 1. The van der Waals surface area contributed by atoms with Crippen molar-refractivity contribution in [2.24, 2.45) is 0 Å². The summed E-state index contributed by atoms with van der Waals surface area (Å²) in [5, 5.41) is 21.9. The Hall–Kier alpha value is -2.82. The second-order valence-electron chi connectivity index (χ2n) is 5.00. The van der Waals surface area contributed by atoms with Gasteiger partial charge in [0.2, 0.25) is 11.1 Å².